The summed E-state index contributed by atoms with van der Waals surface area (Å²) in [6.45, 7) is 6.38. The van der Waals surface area contributed by atoms with E-state index in [1.165, 1.54) is 48.9 Å². The second kappa shape index (κ2) is 47.6. The van der Waals surface area contributed by atoms with Crippen LogP contribution >= 0.6 is 27.5 Å². The first-order valence-electron chi connectivity index (χ1n) is 40.6. The van der Waals surface area contributed by atoms with Crippen LogP contribution in [0.1, 0.15) is 90.4 Å². The zero-order valence-corrected chi connectivity index (χ0v) is 72.3. The molecule has 4 atom stereocenters. The number of nitrogen functional groups attached to an aromatic ring is 1. The van der Waals surface area contributed by atoms with Crippen molar-refractivity contribution in [2.45, 2.75) is 51.4 Å². The molecule has 8 aromatic carbocycles. The van der Waals surface area contributed by atoms with Crippen LogP contribution in [0, 0.1) is 67.2 Å². The van der Waals surface area contributed by atoms with E-state index in [4.69, 9.17) is 22.4 Å². The van der Waals surface area contributed by atoms with Crippen molar-refractivity contribution in [3.63, 3.8) is 0 Å². The van der Waals surface area contributed by atoms with E-state index in [2.05, 4.69) is 77.8 Å². The van der Waals surface area contributed by atoms with Gasteiger partial charge in [0.2, 0.25) is 22.8 Å². The van der Waals surface area contributed by atoms with Crippen LogP contribution < -0.4 is 21.7 Å². The number of likely N-dealkylation sites (N-methyl/N-ethyl adjacent to an activating group) is 1. The Labute approximate surface area is 742 Å². The maximum absolute atomic E-state index is 14.6. The van der Waals surface area contributed by atoms with Crippen molar-refractivity contribution in [1.82, 2.24) is 70.1 Å². The SMILES string of the molecule is CN(C)C/C=C/C(=O)Nc1ccc(C(=O)N2CC[C@@H](Cc3ncc4ccccc4n3)C2)cc1F.CNC.Nc1ccc(C(=O)N2CC[C@@H](Cc3ncc4ccccc4n3)C2)cc1F.O=C(Cl)/C=C/CBr.O=C(O)c1ccc([N+](=O)[O-])c(F)c1.O=C(c1ccc([N+](=O)[O-])c(F)c1)N1CC[C@@H](Cc2ncc3ccccc3n2)C1.c1ccc2nc(C[C@@H]3CCNC3)ncc2c1. The number of alkyl halides is 1. The molecule has 4 aromatic heterocycles. The smallest absolute Gasteiger partial charge is 0.335 e. The predicted molar refractivity (Wildman–Crippen MR) is 481 cm³/mol. The van der Waals surface area contributed by atoms with E-state index >= 15 is 0 Å². The number of halogens is 6. The molecule has 0 aliphatic carbocycles. The third-order valence-electron chi connectivity index (χ3n) is 20.5. The summed E-state index contributed by atoms with van der Waals surface area (Å²) in [5.74, 6) is -1.04. The van der Waals surface area contributed by atoms with Crippen LogP contribution in [0.3, 0.4) is 0 Å². The largest absolute Gasteiger partial charge is 0.478 e. The van der Waals surface area contributed by atoms with E-state index in [1.807, 2.05) is 143 Å². The molecule has 4 aliphatic rings. The summed E-state index contributed by atoms with van der Waals surface area (Å²) in [7, 11) is 7.52. The number of aromatic nitrogens is 8. The summed E-state index contributed by atoms with van der Waals surface area (Å²) in [5, 5.41) is 42.2. The molecule has 4 saturated heterocycles. The molecule has 0 saturated carbocycles. The van der Waals surface area contributed by atoms with Crippen LogP contribution in [0.25, 0.3) is 43.6 Å². The number of carbonyl (C=O) groups is 6. The monoisotopic (exact) mass is 1820 g/mol. The first-order chi connectivity index (χ1) is 61.1. The van der Waals surface area contributed by atoms with Gasteiger partial charge < -0.3 is 46.4 Å². The number of carboxylic acids is 1. The standard InChI is InChI=1S/C26H28FN5O2.C20H17FN4O3.C20H19FN4O.C13H15N3.C7H4FNO4.C4H4BrClO.C2H7N/c1-31(2)12-5-8-25(33)30-23-10-9-19(15-21(23)27)26(34)32-13-11-18(17-32)14-24-28-16-20-6-3-4-7-22(20)29-24;21-16-10-14(5-6-18(16)25(27)28)20(26)24-8-7-13(12-24)9-19-22-11-15-3-1-2-4-17(15)23-19;21-16-10-14(5-6-17(16)22)20(26)25-8-7-13(12-25)9-19-23-11-15-3-1-2-4-18(15)24-19;1-2-4-12-11(3-1)9-15-13(16-12)7-10-5-6-14-8-10;8-5-3-4(7(10)11)1-2-6(5)9(12)13;5-3-1-2-4(6)7;1-3-2/h3-10,15-16,18H,11-14,17H2,1-2H3,(H,30,33);1-6,10-11,13H,7-9,12H2;1-6,10-11,13H,7-9,12,22H2;1-4,9-10,14H,5-8H2;1-3H,(H,10,11);1-2H,3H2;3H,1-2H3/b8-5+;;;;;2-1+;/t18-;2*13-;10-;;;/m0000.../s1. The summed E-state index contributed by atoms with van der Waals surface area (Å²) in [6.07, 6.45) is 20.2. The van der Waals surface area contributed by atoms with E-state index in [0.717, 1.165) is 136 Å². The van der Waals surface area contributed by atoms with Gasteiger partial charge in [0.05, 0.1) is 48.9 Å². The first-order valence-corrected chi connectivity index (χ1v) is 42.1. The number of anilines is 2. The highest BCUT2D eigenvalue weighted by atomic mass is 79.9. The number of nitrogens with one attached hydrogen (secondary N) is 3. The van der Waals surface area contributed by atoms with Gasteiger partial charge in [0.25, 0.3) is 17.7 Å². The number of aromatic carboxylic acids is 1. The van der Waals surface area contributed by atoms with E-state index in [-0.39, 0.29) is 57.6 Å². The number of hydrogen-bond donors (Lipinski definition) is 5. The predicted octanol–water partition coefficient (Wildman–Crippen LogP) is 14.7. The Balaban J connectivity index is 0.000000166. The van der Waals surface area contributed by atoms with Crippen molar-refractivity contribution in [3.8, 4) is 0 Å². The second-order valence-corrected chi connectivity index (χ2v) is 31.4. The quantitative estimate of drug-likeness (QED) is 0.00900. The average Bonchev–Trinajstić information content (AvgIpc) is 1.69. The number of nitrogens with zero attached hydrogens (tertiary/aromatic N) is 14. The third kappa shape index (κ3) is 28.8. The molecule has 8 heterocycles. The van der Waals surface area contributed by atoms with Crippen LogP contribution in [-0.4, -0.2) is 202 Å². The maximum Gasteiger partial charge on any atom is 0.335 e. The zero-order valence-electron chi connectivity index (χ0n) is 70.0. The van der Waals surface area contributed by atoms with Crippen LogP contribution in [-0.2, 0) is 35.3 Å². The minimum Gasteiger partial charge on any atom is -0.478 e. The lowest BCUT2D eigenvalue weighted by Gasteiger charge is -2.17. The van der Waals surface area contributed by atoms with Crippen molar-refractivity contribution >= 4 is 129 Å². The number of carbonyl (C=O) groups excluding carboxylic acids is 5. The molecule has 16 rings (SSSR count). The van der Waals surface area contributed by atoms with Gasteiger partial charge in [0.1, 0.15) is 34.9 Å². The van der Waals surface area contributed by atoms with Gasteiger partial charge >= 0.3 is 17.3 Å². The number of fused-ring (bicyclic) bond motifs is 4. The number of para-hydroxylation sites is 4. The molecule has 6 N–H and O–H groups in total. The van der Waals surface area contributed by atoms with Gasteiger partial charge in [-0.2, -0.15) is 8.78 Å². The van der Waals surface area contributed by atoms with Gasteiger partial charge in [-0.15, -0.1) is 0 Å². The molecule has 35 heteroatoms. The Bertz CT molecular complexity index is 5960. The van der Waals surface area contributed by atoms with Crippen LogP contribution in [0.15, 0.2) is 219 Å². The molecule has 4 amide bonds. The number of amides is 4. The van der Waals surface area contributed by atoms with E-state index in [1.54, 1.807) is 45.2 Å². The molecule has 4 aliphatic heterocycles. The number of nitro groups is 2. The number of benzene rings is 8. The maximum atomic E-state index is 14.6. The van der Waals surface area contributed by atoms with Crippen LogP contribution in [0.4, 0.5) is 40.3 Å². The van der Waals surface area contributed by atoms with Gasteiger partial charge in [0, 0.05) is 158 Å². The van der Waals surface area contributed by atoms with E-state index < -0.39 is 61.6 Å². The lowest BCUT2D eigenvalue weighted by atomic mass is 10.0. The van der Waals surface area contributed by atoms with Crippen molar-refractivity contribution in [2.75, 3.05) is 103 Å². The Morgan fingerprint density at radius 1 is 0.520 bits per heavy atom. The highest BCUT2D eigenvalue weighted by molar-refractivity contribution is 9.09. The highest BCUT2D eigenvalue weighted by Crippen LogP contribution is 2.30. The molecule has 29 nitrogen and oxygen atoms in total. The fourth-order valence-corrected chi connectivity index (χ4v) is 14.4. The van der Waals surface area contributed by atoms with Crippen molar-refractivity contribution in [3.05, 3.63) is 308 Å². The Morgan fingerprint density at radius 3 is 1.22 bits per heavy atom. The number of nitrogens with two attached hydrogens (primary N) is 1. The number of rotatable bonds is 20. The molecular weight excluding hydrogens is 1720 g/mol. The molecular formula is C92H94BrClF4N18O11. The minimum atomic E-state index is -1.33. The minimum absolute atomic E-state index is 0.0452. The Morgan fingerprint density at radius 2 is 0.882 bits per heavy atom. The van der Waals surface area contributed by atoms with Gasteiger partial charge in [-0.3, -0.25) is 44.2 Å². The summed E-state index contributed by atoms with van der Waals surface area (Å²) < 4.78 is 54.7. The van der Waals surface area contributed by atoms with Gasteiger partial charge in [-0.1, -0.05) is 101 Å². The summed E-state index contributed by atoms with van der Waals surface area (Å²) in [6, 6.07) is 45.7. The fourth-order valence-electron chi connectivity index (χ4n) is 14.1. The zero-order chi connectivity index (χ0) is 91.1. The fraction of sp³-hybridized carbons (Fsp3) is 0.283. The molecule has 127 heavy (non-hydrogen) atoms. The highest BCUT2D eigenvalue weighted by Gasteiger charge is 2.32. The van der Waals surface area contributed by atoms with Gasteiger partial charge in [-0.05, 0) is 193 Å². The number of carboxylic acid groups (broad SMARTS) is 1. The van der Waals surface area contributed by atoms with Gasteiger partial charge in [-0.25, -0.2) is 53.4 Å². The Hall–Kier alpha value is -13.4. The average molecular weight is 1820 g/mol. The molecule has 0 unspecified atom stereocenters. The molecule has 12 aromatic rings. The van der Waals surface area contributed by atoms with Crippen molar-refractivity contribution < 1.29 is 61.3 Å². The van der Waals surface area contributed by atoms with Gasteiger partial charge in [0.15, 0.2) is 0 Å². The molecule has 0 spiro atoms. The third-order valence-corrected chi connectivity index (χ3v) is 21.0. The second-order valence-electron chi connectivity index (χ2n) is 30.4. The lowest BCUT2D eigenvalue weighted by Crippen LogP contribution is -2.29. The molecule has 0 bridgehead atoms. The molecule has 0 radical (unpaired) electrons. The van der Waals surface area contributed by atoms with E-state index in [9.17, 15) is 66.6 Å². The van der Waals surface area contributed by atoms with Crippen molar-refractivity contribution in [1.29, 1.82) is 0 Å². The summed E-state index contributed by atoms with van der Waals surface area (Å²) >= 11 is 7.99. The number of allylic oxidation sites excluding steroid dienone is 2. The topological polar surface area (TPSA) is 387 Å². The normalized spacial score (nSPS) is 15.6. The molecule has 660 valence electrons. The summed E-state index contributed by atoms with van der Waals surface area (Å²) in [4.78, 5) is 133. The Kier molecular flexibility index (Phi) is 35.9. The van der Waals surface area contributed by atoms with Crippen LogP contribution in [0.2, 0.25) is 0 Å². The first kappa shape index (κ1) is 95.8. The number of hydrogen-bond acceptors (Lipinski definition) is 22. The number of nitro benzene ring substituents is 2. The van der Waals surface area contributed by atoms with Crippen LogP contribution in [0.5, 0.6) is 0 Å². The van der Waals surface area contributed by atoms with Crippen molar-refractivity contribution in [2.24, 2.45) is 23.7 Å². The number of likely N-dealkylation sites (tertiary alicyclic amines) is 3. The van der Waals surface area contributed by atoms with E-state index in [0.29, 0.717) is 87.5 Å². The lowest BCUT2D eigenvalue weighted by molar-refractivity contribution is -0.387. The summed E-state index contributed by atoms with van der Waals surface area (Å²) in [5.41, 5.74) is 8.39. The molecule has 4 fully saturated rings.